The molecule has 8 nitrogen and oxygen atoms in total. The zero-order chi connectivity index (χ0) is 23.6. The van der Waals surface area contributed by atoms with E-state index in [-0.39, 0.29) is 13.0 Å². The van der Waals surface area contributed by atoms with E-state index in [9.17, 15) is 24.9 Å². The molecule has 1 saturated carbocycles. The summed E-state index contributed by atoms with van der Waals surface area (Å²) in [6.07, 6.45) is 1.53. The van der Waals surface area contributed by atoms with Gasteiger partial charge in [0.15, 0.2) is 0 Å². The molecule has 0 aliphatic heterocycles. The first-order valence-electron chi connectivity index (χ1n) is 10.5. The molecule has 5 N–H and O–H groups in total. The Labute approximate surface area is 183 Å². The predicted octanol–water partition coefficient (Wildman–Crippen LogP) is 0.748. The molecule has 1 amide bonds. The molecule has 1 fully saturated rings. The van der Waals surface area contributed by atoms with Crippen molar-refractivity contribution >= 4 is 11.9 Å². The highest BCUT2D eigenvalue weighted by molar-refractivity contribution is 5.88. The van der Waals surface area contributed by atoms with Crippen molar-refractivity contribution < 1.29 is 34.8 Å². The van der Waals surface area contributed by atoms with Crippen LogP contribution in [0.2, 0.25) is 0 Å². The van der Waals surface area contributed by atoms with Crippen LogP contribution in [0, 0.1) is 11.3 Å². The third kappa shape index (κ3) is 5.09. The van der Waals surface area contributed by atoms with E-state index < -0.39 is 53.7 Å². The van der Waals surface area contributed by atoms with Gasteiger partial charge in [-0.05, 0) is 36.3 Å². The Balaban J connectivity index is 2.44. The number of amides is 1. The van der Waals surface area contributed by atoms with Crippen LogP contribution in [-0.2, 0) is 14.3 Å². The van der Waals surface area contributed by atoms with Gasteiger partial charge in [-0.25, -0.2) is 0 Å². The number of aliphatic hydroxyl groups excluding tert-OH is 3. The normalized spacial score (nSPS) is 34.8. The van der Waals surface area contributed by atoms with E-state index in [1.165, 1.54) is 19.1 Å². The van der Waals surface area contributed by atoms with Crippen molar-refractivity contribution in [3.8, 4) is 0 Å². The maximum atomic E-state index is 12.5. The van der Waals surface area contributed by atoms with Gasteiger partial charge in [0, 0.05) is 31.9 Å². The minimum absolute atomic E-state index is 0.0316. The van der Waals surface area contributed by atoms with Crippen molar-refractivity contribution in [2.75, 3.05) is 13.2 Å². The molecule has 2 rings (SSSR count). The third-order valence-corrected chi connectivity index (χ3v) is 6.55. The van der Waals surface area contributed by atoms with Crippen molar-refractivity contribution in [2.45, 2.75) is 70.8 Å². The van der Waals surface area contributed by atoms with Crippen molar-refractivity contribution in [3.05, 3.63) is 35.5 Å². The van der Waals surface area contributed by atoms with Crippen molar-refractivity contribution in [1.29, 1.82) is 0 Å². The van der Waals surface area contributed by atoms with Gasteiger partial charge in [-0.1, -0.05) is 32.1 Å². The number of hydrogen-bond donors (Lipinski definition) is 5. The lowest BCUT2D eigenvalue weighted by Crippen LogP contribution is -2.69. The Bertz CT molecular complexity index is 785. The van der Waals surface area contributed by atoms with Crippen LogP contribution in [0.4, 0.5) is 0 Å². The van der Waals surface area contributed by atoms with Gasteiger partial charge in [0.25, 0.3) is 0 Å². The zero-order valence-corrected chi connectivity index (χ0v) is 18.7. The summed E-state index contributed by atoms with van der Waals surface area (Å²) in [4.78, 5) is 24.3. The van der Waals surface area contributed by atoms with Gasteiger partial charge in [-0.2, -0.15) is 0 Å². The lowest BCUT2D eigenvalue weighted by molar-refractivity contribution is -0.250. The first kappa shape index (κ1) is 25.3. The average molecular weight is 438 g/mol. The molecule has 0 aromatic carbocycles. The first-order chi connectivity index (χ1) is 14.4. The summed E-state index contributed by atoms with van der Waals surface area (Å²) >= 11 is 0. The summed E-state index contributed by atoms with van der Waals surface area (Å²) in [6.45, 7) is 10.2. The van der Waals surface area contributed by atoms with E-state index in [4.69, 9.17) is 9.84 Å². The quantitative estimate of drug-likeness (QED) is 0.235. The molecule has 31 heavy (non-hydrogen) atoms. The van der Waals surface area contributed by atoms with Gasteiger partial charge < -0.3 is 30.5 Å². The Morgan fingerprint density at radius 1 is 1.32 bits per heavy atom. The van der Waals surface area contributed by atoms with Crippen LogP contribution in [0.15, 0.2) is 35.5 Å². The van der Waals surface area contributed by atoms with Gasteiger partial charge in [0.2, 0.25) is 5.91 Å². The third-order valence-electron chi connectivity index (χ3n) is 6.55. The second-order valence-corrected chi connectivity index (χ2v) is 9.27. The Morgan fingerprint density at radius 3 is 2.48 bits per heavy atom. The molecule has 5 atom stereocenters. The molecule has 8 heteroatoms. The molecular weight excluding hydrogens is 402 g/mol. The van der Waals surface area contributed by atoms with Crippen molar-refractivity contribution in [1.82, 2.24) is 5.32 Å². The van der Waals surface area contributed by atoms with Crippen LogP contribution in [0.3, 0.4) is 0 Å². The second kappa shape index (κ2) is 9.65. The number of rotatable bonds is 6. The van der Waals surface area contributed by atoms with Crippen LogP contribution in [-0.4, -0.2) is 69.4 Å². The van der Waals surface area contributed by atoms with Crippen LogP contribution in [0.25, 0.3) is 0 Å². The second-order valence-electron chi connectivity index (χ2n) is 9.27. The summed E-state index contributed by atoms with van der Waals surface area (Å²) in [6, 6.07) is -0.922. The number of carbonyl (C=O) groups excluding carboxylic acids is 2. The molecule has 0 spiro atoms. The van der Waals surface area contributed by atoms with Crippen molar-refractivity contribution in [2.24, 2.45) is 11.3 Å². The molecule has 0 saturated heterocycles. The standard InChI is InChI=1S/C23H35NO7/c1-13(6-7-25)8-20(29)24-21-14(2)9-19(31-15(3)27)23(30)17(11-22(23,4)5)16(12-26)10-18(21)28/h8,10,17-19,21,25-26,28,30H,2,6-7,9,11-12H2,1,3-5H3,(H,24,29)/b13-8+,16-10-/t17-,18+,19+,21-,23-/m1/s1. The lowest BCUT2D eigenvalue weighted by atomic mass is 9.48. The molecule has 0 radical (unpaired) electrons. The smallest absolute Gasteiger partial charge is 0.303 e. The largest absolute Gasteiger partial charge is 0.459 e. The van der Waals surface area contributed by atoms with Gasteiger partial charge in [-0.15, -0.1) is 0 Å². The van der Waals surface area contributed by atoms with Crippen molar-refractivity contribution in [3.63, 3.8) is 0 Å². The summed E-state index contributed by atoms with van der Waals surface area (Å²) < 4.78 is 5.51. The molecular formula is C23H35NO7. The average Bonchev–Trinajstić information content (AvgIpc) is 2.68. The number of aliphatic hydroxyl groups is 4. The van der Waals surface area contributed by atoms with Crippen LogP contribution >= 0.6 is 0 Å². The highest BCUT2D eigenvalue weighted by Gasteiger charge is 2.65. The maximum Gasteiger partial charge on any atom is 0.303 e. The van der Waals surface area contributed by atoms with E-state index in [0.717, 1.165) is 0 Å². The SMILES string of the molecule is C=C1C[C@H](OC(C)=O)[C@]2(O)[C@H](CC2(C)C)/C(CO)=C\[C@H](O)[C@@H]1NC(=O)/C=C(\C)CCO. The molecule has 0 aromatic rings. The van der Waals surface area contributed by atoms with Gasteiger partial charge in [-0.3, -0.25) is 9.59 Å². The van der Waals surface area contributed by atoms with E-state index >= 15 is 0 Å². The van der Waals surface area contributed by atoms with Crippen LogP contribution in [0.1, 0.15) is 47.0 Å². The highest BCUT2D eigenvalue weighted by Crippen LogP contribution is 2.60. The van der Waals surface area contributed by atoms with Gasteiger partial charge in [0.1, 0.15) is 11.7 Å². The Morgan fingerprint density at radius 2 is 1.97 bits per heavy atom. The lowest BCUT2D eigenvalue weighted by Gasteiger charge is -2.61. The summed E-state index contributed by atoms with van der Waals surface area (Å²) in [5.41, 5.74) is -0.601. The predicted molar refractivity (Wildman–Crippen MR) is 115 cm³/mol. The van der Waals surface area contributed by atoms with E-state index in [2.05, 4.69) is 11.9 Å². The molecule has 174 valence electrons. The fraction of sp³-hybridized carbons (Fsp3) is 0.652. The topological polar surface area (TPSA) is 136 Å². The summed E-state index contributed by atoms with van der Waals surface area (Å²) in [7, 11) is 0. The first-order valence-corrected chi connectivity index (χ1v) is 10.5. The monoisotopic (exact) mass is 437 g/mol. The molecule has 2 aliphatic carbocycles. The zero-order valence-electron chi connectivity index (χ0n) is 18.7. The Kier molecular flexibility index (Phi) is 7.86. The Hall–Kier alpha value is -2.00. The molecule has 2 aliphatic rings. The number of nitrogens with one attached hydrogen (secondary N) is 1. The van der Waals surface area contributed by atoms with Gasteiger partial charge in [0.05, 0.1) is 18.8 Å². The van der Waals surface area contributed by atoms with Crippen LogP contribution in [0.5, 0.6) is 0 Å². The number of esters is 1. The minimum atomic E-state index is -1.47. The van der Waals surface area contributed by atoms with E-state index in [0.29, 0.717) is 29.6 Å². The maximum absolute atomic E-state index is 12.5. The number of fused-ring (bicyclic) bond motifs is 1. The molecule has 0 aromatic heterocycles. The number of hydrogen-bond acceptors (Lipinski definition) is 7. The molecule has 0 unspecified atom stereocenters. The number of ether oxygens (including phenoxy) is 1. The fourth-order valence-electron chi connectivity index (χ4n) is 4.79. The van der Waals surface area contributed by atoms with Gasteiger partial charge >= 0.3 is 5.97 Å². The minimum Gasteiger partial charge on any atom is -0.459 e. The molecule has 0 bridgehead atoms. The summed E-state index contributed by atoms with van der Waals surface area (Å²) in [5.74, 6) is -1.55. The van der Waals surface area contributed by atoms with Crippen LogP contribution < -0.4 is 5.32 Å². The number of carbonyl (C=O) groups is 2. The van der Waals surface area contributed by atoms with E-state index in [1.807, 2.05) is 13.8 Å². The van der Waals surface area contributed by atoms with E-state index in [1.54, 1.807) is 6.92 Å². The fourth-order valence-corrected chi connectivity index (χ4v) is 4.79. The highest BCUT2D eigenvalue weighted by atomic mass is 16.6. The molecule has 0 heterocycles. The summed E-state index contributed by atoms with van der Waals surface area (Å²) in [5, 5.41) is 44.2.